The summed E-state index contributed by atoms with van der Waals surface area (Å²) in [5.41, 5.74) is 0.244. The maximum absolute atomic E-state index is 13.0. The number of aromatic nitrogens is 1. The van der Waals surface area contributed by atoms with E-state index in [1.54, 1.807) is 12.1 Å². The molecule has 0 saturated carbocycles. The van der Waals surface area contributed by atoms with Crippen molar-refractivity contribution in [3.63, 3.8) is 0 Å². The van der Waals surface area contributed by atoms with Crippen molar-refractivity contribution in [3.05, 3.63) is 67.6 Å². The molecule has 1 aromatic carbocycles. The van der Waals surface area contributed by atoms with Gasteiger partial charge in [-0.05, 0) is 37.1 Å². The average molecular weight is 412 g/mol. The molecule has 0 bridgehead atoms. The maximum atomic E-state index is 13.0. The summed E-state index contributed by atoms with van der Waals surface area (Å²) in [7, 11) is 1.10. The number of anilines is 1. The lowest BCUT2D eigenvalue weighted by molar-refractivity contribution is -0.386. The third-order valence-electron chi connectivity index (χ3n) is 4.26. The van der Waals surface area contributed by atoms with Crippen LogP contribution in [0.3, 0.4) is 0 Å². The highest BCUT2D eigenvalue weighted by Gasteiger charge is 2.23. The normalized spacial score (nSPS) is 10.2. The quantitative estimate of drug-likeness (QED) is 0.386. The van der Waals surface area contributed by atoms with E-state index in [0.29, 0.717) is 5.69 Å². The largest absolute Gasteiger partial charge is 0.465 e. The molecular weight excluding hydrogens is 392 g/mol. The zero-order valence-corrected chi connectivity index (χ0v) is 16.7. The SMILES string of the molecule is COC(=O)c1cc([N+](=O)[O-])c(=O)n(CC(=O)N(CCC#N)c2cc(C)cc(C)c2)c1. The van der Waals surface area contributed by atoms with Crippen LogP contribution in [0.1, 0.15) is 27.9 Å². The first-order valence-corrected chi connectivity index (χ1v) is 8.90. The van der Waals surface area contributed by atoms with Crippen LogP contribution < -0.4 is 10.5 Å². The Labute approximate surface area is 172 Å². The summed E-state index contributed by atoms with van der Waals surface area (Å²) < 4.78 is 5.36. The molecule has 0 aliphatic carbocycles. The maximum Gasteiger partial charge on any atom is 0.339 e. The van der Waals surface area contributed by atoms with Gasteiger partial charge in [0.1, 0.15) is 6.54 Å². The molecule has 2 aromatic rings. The number of hydrogen-bond donors (Lipinski definition) is 0. The van der Waals surface area contributed by atoms with Gasteiger partial charge in [-0.15, -0.1) is 0 Å². The Bertz CT molecular complexity index is 1080. The van der Waals surface area contributed by atoms with Crippen LogP contribution in [0.25, 0.3) is 0 Å². The van der Waals surface area contributed by atoms with Crippen LogP contribution in [0.15, 0.2) is 35.3 Å². The number of rotatable bonds is 7. The van der Waals surface area contributed by atoms with Gasteiger partial charge in [0.2, 0.25) is 5.91 Å². The number of carbonyl (C=O) groups is 2. The average Bonchev–Trinajstić information content (AvgIpc) is 2.68. The van der Waals surface area contributed by atoms with Gasteiger partial charge in [-0.25, -0.2) is 4.79 Å². The van der Waals surface area contributed by atoms with Crippen molar-refractivity contribution in [2.24, 2.45) is 0 Å². The number of pyridine rings is 1. The number of benzene rings is 1. The van der Waals surface area contributed by atoms with E-state index in [1.165, 1.54) is 4.90 Å². The van der Waals surface area contributed by atoms with E-state index in [2.05, 4.69) is 4.74 Å². The Morgan fingerprint density at radius 2 is 1.87 bits per heavy atom. The Hall–Kier alpha value is -4.00. The first-order valence-electron chi connectivity index (χ1n) is 8.90. The van der Waals surface area contributed by atoms with Crippen molar-refractivity contribution < 1.29 is 19.2 Å². The van der Waals surface area contributed by atoms with Gasteiger partial charge in [0.15, 0.2) is 0 Å². The molecule has 10 heteroatoms. The third kappa shape index (κ3) is 5.08. The smallest absolute Gasteiger partial charge is 0.339 e. The zero-order valence-electron chi connectivity index (χ0n) is 16.7. The topological polar surface area (TPSA) is 136 Å². The molecule has 0 saturated heterocycles. The Morgan fingerprint density at radius 1 is 1.23 bits per heavy atom. The molecule has 0 aliphatic rings. The Kier molecular flexibility index (Phi) is 7.03. The highest BCUT2D eigenvalue weighted by atomic mass is 16.6. The fraction of sp³-hybridized carbons (Fsp3) is 0.300. The Balaban J connectivity index is 2.49. The highest BCUT2D eigenvalue weighted by Crippen LogP contribution is 2.20. The van der Waals surface area contributed by atoms with E-state index >= 15 is 0 Å². The van der Waals surface area contributed by atoms with Gasteiger partial charge in [0.25, 0.3) is 0 Å². The molecule has 0 N–H and O–H groups in total. The number of nitrogens with zero attached hydrogens (tertiary/aromatic N) is 4. The summed E-state index contributed by atoms with van der Waals surface area (Å²) in [5.74, 6) is -1.44. The molecular formula is C20H20N4O6. The molecule has 1 aromatic heterocycles. The molecule has 0 unspecified atom stereocenters. The lowest BCUT2D eigenvalue weighted by Gasteiger charge is -2.23. The number of methoxy groups -OCH3 is 1. The zero-order chi connectivity index (χ0) is 22.4. The second-order valence-corrected chi connectivity index (χ2v) is 6.60. The summed E-state index contributed by atoms with van der Waals surface area (Å²) in [6, 6.07) is 8.23. The molecule has 10 nitrogen and oxygen atoms in total. The van der Waals surface area contributed by atoms with Gasteiger partial charge in [-0.2, -0.15) is 5.26 Å². The van der Waals surface area contributed by atoms with Gasteiger partial charge in [0, 0.05) is 24.5 Å². The predicted octanol–water partition coefficient (Wildman–Crippen LogP) is 2.11. The lowest BCUT2D eigenvalue weighted by atomic mass is 10.1. The van der Waals surface area contributed by atoms with Crippen molar-refractivity contribution in [2.45, 2.75) is 26.8 Å². The number of carbonyl (C=O) groups excluding carboxylic acids is 2. The van der Waals surface area contributed by atoms with E-state index < -0.39 is 34.6 Å². The van der Waals surface area contributed by atoms with Crippen molar-refractivity contribution >= 4 is 23.3 Å². The summed E-state index contributed by atoms with van der Waals surface area (Å²) >= 11 is 0. The minimum Gasteiger partial charge on any atom is -0.465 e. The first kappa shape index (κ1) is 22.3. The number of nitriles is 1. The number of esters is 1. The van der Waals surface area contributed by atoms with Gasteiger partial charge in [0.05, 0.1) is 30.1 Å². The molecule has 0 atom stereocenters. The van der Waals surface area contributed by atoms with Crippen LogP contribution in [0.5, 0.6) is 0 Å². The molecule has 0 spiro atoms. The monoisotopic (exact) mass is 412 g/mol. The van der Waals surface area contributed by atoms with Crippen LogP contribution in [0, 0.1) is 35.3 Å². The van der Waals surface area contributed by atoms with Crippen molar-refractivity contribution in [1.29, 1.82) is 5.26 Å². The second kappa shape index (κ2) is 9.47. The van der Waals surface area contributed by atoms with E-state index in [1.807, 2.05) is 26.0 Å². The number of ether oxygens (including phenoxy) is 1. The second-order valence-electron chi connectivity index (χ2n) is 6.60. The standard InChI is InChI=1S/C20H20N4O6/c1-13-7-14(2)9-16(8-13)23(6-4-5-21)18(25)12-22-11-15(20(27)30-3)10-17(19(22)26)24(28)29/h7-11H,4,6,12H2,1-3H3. The third-order valence-corrected chi connectivity index (χ3v) is 4.26. The minimum atomic E-state index is -1.03. The van der Waals surface area contributed by atoms with Crippen LogP contribution in [-0.4, -0.2) is 35.0 Å². The number of nitro groups is 1. The lowest BCUT2D eigenvalue weighted by Crippen LogP contribution is -2.37. The molecule has 30 heavy (non-hydrogen) atoms. The predicted molar refractivity (Wildman–Crippen MR) is 107 cm³/mol. The molecule has 0 radical (unpaired) electrons. The van der Waals surface area contributed by atoms with Crippen molar-refractivity contribution in [3.8, 4) is 6.07 Å². The van der Waals surface area contributed by atoms with Crippen LogP contribution in [0.2, 0.25) is 0 Å². The fourth-order valence-corrected chi connectivity index (χ4v) is 2.99. The van der Waals surface area contributed by atoms with Gasteiger partial charge in [-0.1, -0.05) is 6.07 Å². The van der Waals surface area contributed by atoms with E-state index in [4.69, 9.17) is 5.26 Å². The molecule has 2 rings (SSSR count). The molecule has 0 aliphatic heterocycles. The van der Waals surface area contributed by atoms with Gasteiger partial charge >= 0.3 is 17.2 Å². The number of hydrogen-bond acceptors (Lipinski definition) is 7. The van der Waals surface area contributed by atoms with Gasteiger partial charge < -0.3 is 9.64 Å². The van der Waals surface area contributed by atoms with Gasteiger partial charge in [-0.3, -0.25) is 24.3 Å². The first-order chi connectivity index (χ1) is 14.2. The summed E-state index contributed by atoms with van der Waals surface area (Å²) in [4.78, 5) is 48.9. The molecule has 1 heterocycles. The Morgan fingerprint density at radius 3 is 2.40 bits per heavy atom. The molecule has 156 valence electrons. The van der Waals surface area contributed by atoms with Crippen LogP contribution >= 0.6 is 0 Å². The summed E-state index contributed by atoms with van der Waals surface area (Å²) in [6.07, 6.45) is 1.10. The van der Waals surface area contributed by atoms with Crippen LogP contribution in [0.4, 0.5) is 11.4 Å². The molecule has 1 amide bonds. The fourth-order valence-electron chi connectivity index (χ4n) is 2.99. The van der Waals surface area contributed by atoms with Crippen LogP contribution in [-0.2, 0) is 16.1 Å². The summed E-state index contributed by atoms with van der Waals surface area (Å²) in [5, 5.41) is 20.1. The van der Waals surface area contributed by atoms with Crippen molar-refractivity contribution in [2.75, 3.05) is 18.6 Å². The van der Waals surface area contributed by atoms with Crippen molar-refractivity contribution in [1.82, 2.24) is 4.57 Å². The molecule has 0 fully saturated rings. The number of aryl methyl sites for hydroxylation is 2. The van der Waals surface area contributed by atoms with E-state index in [-0.39, 0.29) is 18.5 Å². The van der Waals surface area contributed by atoms with E-state index in [9.17, 15) is 24.5 Å². The van der Waals surface area contributed by atoms with E-state index in [0.717, 1.165) is 35.1 Å². The summed E-state index contributed by atoms with van der Waals surface area (Å²) in [6.45, 7) is 3.24. The minimum absolute atomic E-state index is 0.0516. The number of amides is 1. The highest BCUT2D eigenvalue weighted by molar-refractivity contribution is 5.94.